The number of ether oxygens (including phenoxy) is 1. The van der Waals surface area contributed by atoms with E-state index in [2.05, 4.69) is 25.1 Å². The zero-order chi connectivity index (χ0) is 19.3. The summed E-state index contributed by atoms with van der Waals surface area (Å²) in [5, 5.41) is 11.0. The van der Waals surface area contributed by atoms with Gasteiger partial charge in [0.2, 0.25) is 10.0 Å². The minimum atomic E-state index is -3.81. The third-order valence-electron chi connectivity index (χ3n) is 4.27. The molecule has 10 heteroatoms. The van der Waals surface area contributed by atoms with Crippen LogP contribution in [0.5, 0.6) is 5.75 Å². The molecule has 2 aromatic rings. The molecule has 0 unspecified atom stereocenters. The minimum absolute atomic E-state index is 0.00734. The van der Waals surface area contributed by atoms with Gasteiger partial charge in [-0.2, -0.15) is 5.10 Å². The van der Waals surface area contributed by atoms with Crippen molar-refractivity contribution < 1.29 is 17.5 Å². The Morgan fingerprint density at radius 1 is 1.22 bits per heavy atom. The molecule has 1 fully saturated rings. The first-order chi connectivity index (χ1) is 13.0. The summed E-state index contributed by atoms with van der Waals surface area (Å²) < 4.78 is 45.4. The van der Waals surface area contributed by atoms with Crippen LogP contribution < -0.4 is 19.7 Å². The molecule has 0 radical (unpaired) electrons. The van der Waals surface area contributed by atoms with E-state index in [-0.39, 0.29) is 17.2 Å². The predicted molar refractivity (Wildman–Crippen MR) is 100 cm³/mol. The smallest absolute Gasteiger partial charge is 0.240 e. The fourth-order valence-corrected chi connectivity index (χ4v) is 3.91. The summed E-state index contributed by atoms with van der Waals surface area (Å²) >= 11 is 0. The Labute approximate surface area is 157 Å². The van der Waals surface area contributed by atoms with Gasteiger partial charge in [-0.3, -0.25) is 0 Å². The number of nitrogens with zero attached hydrogens (tertiary/aromatic N) is 3. The molecule has 0 spiro atoms. The normalized spacial score (nSPS) is 14.4. The van der Waals surface area contributed by atoms with E-state index in [1.54, 1.807) is 6.20 Å². The average molecular weight is 395 g/mol. The number of sulfonamides is 1. The van der Waals surface area contributed by atoms with Crippen molar-refractivity contribution in [2.45, 2.75) is 17.7 Å². The summed E-state index contributed by atoms with van der Waals surface area (Å²) in [4.78, 5) is 2.08. The van der Waals surface area contributed by atoms with Crippen molar-refractivity contribution >= 4 is 21.5 Å². The molecule has 1 aliphatic heterocycles. The second-order valence-corrected chi connectivity index (χ2v) is 7.88. The van der Waals surface area contributed by atoms with Gasteiger partial charge in [0.1, 0.15) is 0 Å². The van der Waals surface area contributed by atoms with Crippen LogP contribution in [0.2, 0.25) is 0 Å². The minimum Gasteiger partial charge on any atom is -0.494 e. The van der Waals surface area contributed by atoms with Gasteiger partial charge in [-0.1, -0.05) is 0 Å². The van der Waals surface area contributed by atoms with Crippen molar-refractivity contribution in [3.8, 4) is 5.75 Å². The molecule has 0 amide bonds. The number of aromatic nitrogens is 2. The molecule has 2 N–H and O–H groups in total. The summed E-state index contributed by atoms with van der Waals surface area (Å²) in [6.07, 6.45) is 4.05. The zero-order valence-corrected chi connectivity index (χ0v) is 15.8. The topological polar surface area (TPSA) is 96.5 Å². The van der Waals surface area contributed by atoms with Gasteiger partial charge in [0, 0.05) is 32.2 Å². The number of anilines is 2. The Hall–Kier alpha value is -2.46. The lowest BCUT2D eigenvalue weighted by atomic mass is 10.3. The second kappa shape index (κ2) is 8.49. The highest BCUT2D eigenvalue weighted by molar-refractivity contribution is 7.89. The summed E-state index contributed by atoms with van der Waals surface area (Å²) in [5.74, 6) is -0.159. The number of nitrogens with one attached hydrogen (secondary N) is 2. The predicted octanol–water partition coefficient (Wildman–Crippen LogP) is 1.61. The van der Waals surface area contributed by atoms with Crippen molar-refractivity contribution in [2.24, 2.45) is 0 Å². The molecular formula is C17H22FN5O3S. The van der Waals surface area contributed by atoms with E-state index < -0.39 is 15.8 Å². The summed E-state index contributed by atoms with van der Waals surface area (Å²) in [5.41, 5.74) is 0.999. The van der Waals surface area contributed by atoms with E-state index in [0.29, 0.717) is 12.4 Å². The zero-order valence-electron chi connectivity index (χ0n) is 15.0. The van der Waals surface area contributed by atoms with E-state index in [1.165, 1.54) is 32.1 Å². The molecule has 3 rings (SSSR count). The SMILES string of the molecule is COc1ccc(S(=O)(=O)NCCNc2cc(N3CCCC3)cnn2)cc1F. The van der Waals surface area contributed by atoms with Crippen LogP contribution in [0.4, 0.5) is 15.9 Å². The van der Waals surface area contributed by atoms with Crippen molar-refractivity contribution in [3.63, 3.8) is 0 Å². The van der Waals surface area contributed by atoms with E-state index in [1.807, 2.05) is 6.07 Å². The lowest BCUT2D eigenvalue weighted by Gasteiger charge is -2.17. The van der Waals surface area contributed by atoms with Gasteiger partial charge < -0.3 is 15.0 Å². The number of hydrogen-bond acceptors (Lipinski definition) is 7. The molecule has 0 saturated carbocycles. The van der Waals surface area contributed by atoms with Gasteiger partial charge in [-0.05, 0) is 31.0 Å². The molecule has 2 heterocycles. The molecule has 0 atom stereocenters. The van der Waals surface area contributed by atoms with Crippen LogP contribution in [0.3, 0.4) is 0 Å². The summed E-state index contributed by atoms with van der Waals surface area (Å²) in [6.45, 7) is 2.44. The van der Waals surface area contributed by atoms with Gasteiger partial charge in [0.05, 0.1) is 23.9 Å². The molecule has 1 aliphatic rings. The number of methoxy groups -OCH3 is 1. The van der Waals surface area contributed by atoms with E-state index in [9.17, 15) is 12.8 Å². The largest absolute Gasteiger partial charge is 0.494 e. The van der Waals surface area contributed by atoms with Crippen molar-refractivity contribution in [1.29, 1.82) is 0 Å². The molecule has 1 aromatic heterocycles. The van der Waals surface area contributed by atoms with Crippen LogP contribution >= 0.6 is 0 Å². The molecule has 146 valence electrons. The number of rotatable bonds is 8. The molecular weight excluding hydrogens is 373 g/mol. The van der Waals surface area contributed by atoms with Crippen molar-refractivity contribution in [1.82, 2.24) is 14.9 Å². The first-order valence-corrected chi connectivity index (χ1v) is 10.1. The number of halogens is 1. The Bertz CT molecular complexity index is 888. The Morgan fingerprint density at radius 2 is 2.00 bits per heavy atom. The Morgan fingerprint density at radius 3 is 2.70 bits per heavy atom. The third-order valence-corrected chi connectivity index (χ3v) is 5.73. The van der Waals surface area contributed by atoms with Gasteiger partial charge >= 0.3 is 0 Å². The molecule has 8 nitrogen and oxygen atoms in total. The Kier molecular flexibility index (Phi) is 6.07. The Balaban J connectivity index is 1.53. The summed E-state index contributed by atoms with van der Waals surface area (Å²) in [6, 6.07) is 5.40. The fourth-order valence-electron chi connectivity index (χ4n) is 2.86. The summed E-state index contributed by atoms with van der Waals surface area (Å²) in [7, 11) is -2.50. The van der Waals surface area contributed by atoms with Gasteiger partial charge in [-0.15, -0.1) is 5.10 Å². The quantitative estimate of drug-likeness (QED) is 0.656. The van der Waals surface area contributed by atoms with Gasteiger partial charge in [0.15, 0.2) is 17.4 Å². The van der Waals surface area contributed by atoms with E-state index in [4.69, 9.17) is 4.74 Å². The van der Waals surface area contributed by atoms with Crippen LogP contribution in [-0.2, 0) is 10.0 Å². The lowest BCUT2D eigenvalue weighted by Crippen LogP contribution is -2.29. The first kappa shape index (κ1) is 19.3. The average Bonchev–Trinajstić information content (AvgIpc) is 3.20. The number of benzene rings is 1. The maximum absolute atomic E-state index is 13.7. The van der Waals surface area contributed by atoms with Gasteiger partial charge in [-0.25, -0.2) is 17.5 Å². The monoisotopic (exact) mass is 395 g/mol. The standard InChI is InChI=1S/C17H22FN5O3S/c1-26-16-5-4-14(11-15(16)18)27(24,25)21-7-6-19-17-10-13(12-20-22-17)23-8-2-3-9-23/h4-5,10-12,21H,2-3,6-9H2,1H3,(H,19,22). The van der Waals surface area contributed by atoms with Crippen molar-refractivity contribution in [3.05, 3.63) is 36.3 Å². The molecule has 1 aromatic carbocycles. The maximum atomic E-state index is 13.7. The van der Waals surface area contributed by atoms with Gasteiger partial charge in [0.25, 0.3) is 0 Å². The molecule has 0 aliphatic carbocycles. The highest BCUT2D eigenvalue weighted by Gasteiger charge is 2.16. The van der Waals surface area contributed by atoms with Crippen LogP contribution in [0.15, 0.2) is 35.4 Å². The fraction of sp³-hybridized carbons (Fsp3) is 0.412. The first-order valence-electron chi connectivity index (χ1n) is 8.64. The van der Waals surface area contributed by atoms with E-state index >= 15 is 0 Å². The van der Waals surface area contributed by atoms with Crippen LogP contribution in [0, 0.1) is 5.82 Å². The van der Waals surface area contributed by atoms with Crippen LogP contribution in [0.25, 0.3) is 0 Å². The molecule has 1 saturated heterocycles. The molecule has 27 heavy (non-hydrogen) atoms. The second-order valence-electron chi connectivity index (χ2n) is 6.11. The number of hydrogen-bond donors (Lipinski definition) is 2. The van der Waals surface area contributed by atoms with Crippen molar-refractivity contribution in [2.75, 3.05) is 43.5 Å². The maximum Gasteiger partial charge on any atom is 0.240 e. The highest BCUT2D eigenvalue weighted by atomic mass is 32.2. The van der Waals surface area contributed by atoms with Crippen LogP contribution in [-0.4, -0.2) is 51.9 Å². The lowest BCUT2D eigenvalue weighted by molar-refractivity contribution is 0.385. The van der Waals surface area contributed by atoms with E-state index in [0.717, 1.165) is 24.8 Å². The van der Waals surface area contributed by atoms with Crippen LogP contribution in [0.1, 0.15) is 12.8 Å². The molecule has 0 bridgehead atoms. The highest BCUT2D eigenvalue weighted by Crippen LogP contribution is 2.21. The third kappa shape index (κ3) is 4.83.